The molecule has 4 unspecified atom stereocenters. The molecule has 2 heterocycles. The summed E-state index contributed by atoms with van der Waals surface area (Å²) in [6.07, 6.45) is 4.16. The molecule has 2 aliphatic rings. The molecule has 1 saturated heterocycles. The van der Waals surface area contributed by atoms with Gasteiger partial charge in [0.25, 0.3) is 0 Å². The molecule has 1 fully saturated rings. The summed E-state index contributed by atoms with van der Waals surface area (Å²) < 4.78 is 11.7. The van der Waals surface area contributed by atoms with Gasteiger partial charge in [-0.3, -0.25) is 10.5 Å². The summed E-state index contributed by atoms with van der Waals surface area (Å²) in [5.74, 6) is -0.797. The molecule has 4 atom stereocenters. The van der Waals surface area contributed by atoms with Crippen molar-refractivity contribution >= 4 is 23.7 Å². The number of piperidine rings is 1. The van der Waals surface area contributed by atoms with Crippen molar-refractivity contribution in [3.8, 4) is 5.75 Å². The lowest BCUT2D eigenvalue weighted by Gasteiger charge is -2.51. The first kappa shape index (κ1) is 23.7. The maximum absolute atomic E-state index is 12.8. The van der Waals surface area contributed by atoms with E-state index in [0.29, 0.717) is 36.3 Å². The number of carbonyl (C=O) groups is 2. The zero-order valence-corrected chi connectivity index (χ0v) is 19.1. The molecular weight excluding hydrogens is 420 g/mol. The number of likely N-dealkylation sites (tertiary alicyclic amines) is 1. The molecule has 2 aliphatic heterocycles. The van der Waals surface area contributed by atoms with Gasteiger partial charge in [0.05, 0.1) is 13.0 Å². The highest BCUT2D eigenvalue weighted by molar-refractivity contribution is 6.30. The lowest BCUT2D eigenvalue weighted by Crippen LogP contribution is -2.64. The number of fused-ring (bicyclic) bond motifs is 2. The molecule has 0 aromatic heterocycles. The molecule has 1 amide bonds. The molecule has 1 aromatic rings. The number of hydrogen-bond donors (Lipinski definition) is 2. The van der Waals surface area contributed by atoms with Crippen molar-refractivity contribution in [1.82, 2.24) is 4.90 Å². The number of benzene rings is 1. The molecule has 3 N–H and O–H groups in total. The van der Waals surface area contributed by atoms with Gasteiger partial charge in [0.15, 0.2) is 5.72 Å². The van der Waals surface area contributed by atoms with Gasteiger partial charge in [0.1, 0.15) is 5.75 Å². The Bertz CT molecular complexity index is 804. The first-order valence-electron chi connectivity index (χ1n) is 11.2. The van der Waals surface area contributed by atoms with Crippen molar-refractivity contribution < 1.29 is 24.2 Å². The third-order valence-electron chi connectivity index (χ3n) is 6.61. The molecule has 172 valence electrons. The van der Waals surface area contributed by atoms with E-state index in [1.54, 1.807) is 23.1 Å². The summed E-state index contributed by atoms with van der Waals surface area (Å²) in [6.45, 7) is 5.34. The SMILES string of the molecule is CCCCC(CC)COC(=O)N1CCC2(N)Oc3ccc(Cl)cc3C(CC(=O)O)C2C1. The molecule has 1 aromatic carbocycles. The van der Waals surface area contributed by atoms with Crippen LogP contribution < -0.4 is 10.5 Å². The minimum atomic E-state index is -1.04. The van der Waals surface area contributed by atoms with Crippen LogP contribution in [0.1, 0.15) is 63.9 Å². The Kier molecular flexibility index (Phi) is 7.70. The molecule has 0 spiro atoms. The van der Waals surface area contributed by atoms with Crippen molar-refractivity contribution in [2.24, 2.45) is 17.6 Å². The summed E-state index contributed by atoms with van der Waals surface area (Å²) in [5, 5.41) is 10.0. The van der Waals surface area contributed by atoms with Crippen LogP contribution in [0.5, 0.6) is 5.75 Å². The Balaban J connectivity index is 1.75. The van der Waals surface area contributed by atoms with E-state index in [1.165, 1.54) is 0 Å². The number of unbranched alkanes of at least 4 members (excludes halogenated alkanes) is 1. The molecule has 7 nitrogen and oxygen atoms in total. The number of carboxylic acid groups (broad SMARTS) is 1. The fourth-order valence-corrected chi connectivity index (χ4v) is 4.86. The van der Waals surface area contributed by atoms with Crippen LogP contribution in [0.3, 0.4) is 0 Å². The highest BCUT2D eigenvalue weighted by Gasteiger charge is 2.51. The number of rotatable bonds is 8. The van der Waals surface area contributed by atoms with E-state index in [1.807, 2.05) is 0 Å². The van der Waals surface area contributed by atoms with Crippen LogP contribution in [0.4, 0.5) is 4.79 Å². The van der Waals surface area contributed by atoms with E-state index < -0.39 is 17.6 Å². The summed E-state index contributed by atoms with van der Waals surface area (Å²) in [7, 11) is 0. The minimum absolute atomic E-state index is 0.113. The molecule has 31 heavy (non-hydrogen) atoms. The Morgan fingerprint density at radius 2 is 2.19 bits per heavy atom. The number of halogens is 1. The van der Waals surface area contributed by atoms with Gasteiger partial charge in [0, 0.05) is 36.4 Å². The van der Waals surface area contributed by atoms with Gasteiger partial charge in [-0.25, -0.2) is 4.79 Å². The highest BCUT2D eigenvalue weighted by atomic mass is 35.5. The number of amides is 1. The minimum Gasteiger partial charge on any atom is -0.481 e. The second-order valence-electron chi connectivity index (χ2n) is 8.74. The van der Waals surface area contributed by atoms with E-state index in [2.05, 4.69) is 13.8 Å². The van der Waals surface area contributed by atoms with Gasteiger partial charge >= 0.3 is 12.1 Å². The van der Waals surface area contributed by atoms with Crippen LogP contribution in [-0.2, 0) is 9.53 Å². The lowest BCUT2D eigenvalue weighted by molar-refractivity contribution is -0.139. The molecule has 0 aliphatic carbocycles. The van der Waals surface area contributed by atoms with E-state index in [4.69, 9.17) is 26.8 Å². The summed E-state index contributed by atoms with van der Waals surface area (Å²) in [5.41, 5.74) is 6.30. The smallest absolute Gasteiger partial charge is 0.409 e. The topological polar surface area (TPSA) is 102 Å². The predicted molar refractivity (Wildman–Crippen MR) is 118 cm³/mol. The zero-order chi connectivity index (χ0) is 22.6. The van der Waals surface area contributed by atoms with Gasteiger partial charge in [-0.15, -0.1) is 0 Å². The van der Waals surface area contributed by atoms with Gasteiger partial charge in [-0.1, -0.05) is 44.7 Å². The monoisotopic (exact) mass is 452 g/mol. The van der Waals surface area contributed by atoms with Gasteiger partial charge in [-0.2, -0.15) is 0 Å². The summed E-state index contributed by atoms with van der Waals surface area (Å²) in [4.78, 5) is 26.1. The number of hydrogen-bond acceptors (Lipinski definition) is 5. The second-order valence-corrected chi connectivity index (χ2v) is 9.18. The van der Waals surface area contributed by atoms with Crippen molar-refractivity contribution in [2.45, 2.75) is 64.0 Å². The normalized spacial score (nSPS) is 25.7. The molecule has 0 bridgehead atoms. The fourth-order valence-electron chi connectivity index (χ4n) is 4.68. The van der Waals surface area contributed by atoms with E-state index in [9.17, 15) is 14.7 Å². The van der Waals surface area contributed by atoms with Gasteiger partial charge in [0.2, 0.25) is 0 Å². The average Bonchev–Trinajstić information content (AvgIpc) is 2.73. The largest absolute Gasteiger partial charge is 0.481 e. The van der Waals surface area contributed by atoms with Crippen LogP contribution in [0.15, 0.2) is 18.2 Å². The van der Waals surface area contributed by atoms with Crippen LogP contribution >= 0.6 is 11.6 Å². The fraction of sp³-hybridized carbons (Fsp3) is 0.652. The molecule has 0 saturated carbocycles. The number of carbonyl (C=O) groups excluding carboxylic acids is 1. The maximum atomic E-state index is 12.8. The number of carboxylic acids is 1. The molecule has 0 radical (unpaired) electrons. The van der Waals surface area contributed by atoms with Crippen molar-refractivity contribution in [3.05, 3.63) is 28.8 Å². The van der Waals surface area contributed by atoms with Crippen LogP contribution in [0.2, 0.25) is 5.02 Å². The first-order chi connectivity index (χ1) is 14.8. The Hall–Kier alpha value is -1.99. The Morgan fingerprint density at radius 1 is 1.42 bits per heavy atom. The van der Waals surface area contributed by atoms with Crippen LogP contribution in [0, 0.1) is 11.8 Å². The lowest BCUT2D eigenvalue weighted by atomic mass is 9.72. The Morgan fingerprint density at radius 3 is 2.87 bits per heavy atom. The first-order valence-corrected chi connectivity index (χ1v) is 11.6. The van der Waals surface area contributed by atoms with Gasteiger partial charge in [-0.05, 0) is 36.1 Å². The van der Waals surface area contributed by atoms with E-state index >= 15 is 0 Å². The van der Waals surface area contributed by atoms with Crippen molar-refractivity contribution in [2.75, 3.05) is 19.7 Å². The van der Waals surface area contributed by atoms with Crippen LogP contribution in [0.25, 0.3) is 0 Å². The number of ether oxygens (including phenoxy) is 2. The van der Waals surface area contributed by atoms with Crippen molar-refractivity contribution in [3.63, 3.8) is 0 Å². The zero-order valence-electron chi connectivity index (χ0n) is 18.3. The van der Waals surface area contributed by atoms with Crippen molar-refractivity contribution in [1.29, 1.82) is 0 Å². The highest BCUT2D eigenvalue weighted by Crippen LogP contribution is 2.48. The molecule has 8 heteroatoms. The average molecular weight is 453 g/mol. The van der Waals surface area contributed by atoms with E-state index in [-0.39, 0.29) is 25.0 Å². The molecule has 3 rings (SSSR count). The third kappa shape index (κ3) is 5.44. The predicted octanol–water partition coefficient (Wildman–Crippen LogP) is 4.62. The second kappa shape index (κ2) is 10.1. The maximum Gasteiger partial charge on any atom is 0.409 e. The quantitative estimate of drug-likeness (QED) is 0.596. The number of nitrogens with two attached hydrogens (primary N) is 1. The van der Waals surface area contributed by atoms with E-state index in [0.717, 1.165) is 31.2 Å². The Labute approximate surface area is 188 Å². The number of aliphatic carboxylic acids is 1. The van der Waals surface area contributed by atoms with Gasteiger partial charge < -0.3 is 19.5 Å². The summed E-state index contributed by atoms with van der Waals surface area (Å²) >= 11 is 6.17. The van der Waals surface area contributed by atoms with Crippen LogP contribution in [-0.4, -0.2) is 47.5 Å². The molecular formula is C23H33ClN2O5. The summed E-state index contributed by atoms with van der Waals surface area (Å²) in [6, 6.07) is 5.18. The third-order valence-corrected chi connectivity index (χ3v) is 6.85. The standard InChI is InChI=1S/C23H33ClN2O5/c1-3-5-6-15(4-2)14-30-22(29)26-10-9-23(25)19(13-26)17(12-21(27)28)18-11-16(24)7-8-20(18)31-23/h7-8,11,15,17,19H,3-6,9-10,12-14,25H2,1-2H3,(H,27,28). The number of nitrogens with zero attached hydrogens (tertiary/aromatic N) is 1.